The summed E-state index contributed by atoms with van der Waals surface area (Å²) in [5.41, 5.74) is 0. The first kappa shape index (κ1) is 9.09. The van der Waals surface area contributed by atoms with Crippen molar-refractivity contribution in [3.05, 3.63) is 0 Å². The van der Waals surface area contributed by atoms with Crippen molar-refractivity contribution in [1.29, 1.82) is 0 Å². The number of hydrogen-bond donors (Lipinski definition) is 1. The Balaban J connectivity index is 1.66. The highest BCUT2D eigenvalue weighted by molar-refractivity contribution is 4.76. The van der Waals surface area contributed by atoms with Crippen LogP contribution >= 0.6 is 0 Å². The van der Waals surface area contributed by atoms with E-state index in [1.165, 1.54) is 32.5 Å². The maximum atomic E-state index is 5.40. The maximum Gasteiger partial charge on any atom is 0.120 e. The van der Waals surface area contributed by atoms with E-state index < -0.39 is 0 Å². The van der Waals surface area contributed by atoms with Gasteiger partial charge in [-0.2, -0.15) is 5.01 Å². The molecule has 4 saturated heterocycles. The summed E-state index contributed by atoms with van der Waals surface area (Å²) >= 11 is 0. The van der Waals surface area contributed by atoms with Gasteiger partial charge in [0, 0.05) is 13.1 Å². The van der Waals surface area contributed by atoms with Gasteiger partial charge in [0.2, 0.25) is 0 Å². The Morgan fingerprint density at radius 1 is 1.07 bits per heavy atom. The lowest BCUT2D eigenvalue weighted by atomic mass is 9.95. The van der Waals surface area contributed by atoms with Gasteiger partial charge >= 0.3 is 0 Å². The Morgan fingerprint density at radius 2 is 1.79 bits per heavy atom. The number of hydrazine groups is 1. The largest absolute Gasteiger partial charge is 0.370 e. The van der Waals surface area contributed by atoms with Gasteiger partial charge in [-0.3, -0.25) is 0 Å². The molecule has 2 bridgehead atoms. The third kappa shape index (κ3) is 1.56. The van der Waals surface area contributed by atoms with E-state index in [1.807, 2.05) is 0 Å². The summed E-state index contributed by atoms with van der Waals surface area (Å²) in [7, 11) is 0. The van der Waals surface area contributed by atoms with E-state index in [9.17, 15) is 0 Å². The van der Waals surface area contributed by atoms with Crippen molar-refractivity contribution in [1.82, 2.24) is 10.1 Å². The summed E-state index contributed by atoms with van der Waals surface area (Å²) in [5.74, 6) is 0.968. The van der Waals surface area contributed by atoms with Crippen molar-refractivity contribution in [2.24, 2.45) is 5.92 Å². The molecule has 1 N–H and O–H groups in total. The molecule has 4 aliphatic rings. The van der Waals surface area contributed by atoms with E-state index in [0.29, 0.717) is 0 Å². The number of nitrogens with zero attached hydrogens (tertiary/aromatic N) is 2. The van der Waals surface area contributed by atoms with Gasteiger partial charge in [-0.25, -0.2) is 5.01 Å². The summed E-state index contributed by atoms with van der Waals surface area (Å²) in [6.07, 6.45) is 2.83. The molecule has 0 saturated carbocycles. The highest BCUT2D eigenvalue weighted by Gasteiger charge is 2.38. The number of morpholine rings is 1. The molecule has 4 heterocycles. The molecule has 0 radical (unpaired) electrons. The summed E-state index contributed by atoms with van der Waals surface area (Å²) in [6.45, 7) is 8.04. The van der Waals surface area contributed by atoms with Crippen LogP contribution in [-0.2, 0) is 4.74 Å². The van der Waals surface area contributed by atoms with Crippen molar-refractivity contribution in [2.75, 3.05) is 45.9 Å². The van der Waals surface area contributed by atoms with E-state index in [1.54, 1.807) is 5.01 Å². The Labute approximate surface area is 85.3 Å². The molecule has 0 aromatic carbocycles. The van der Waals surface area contributed by atoms with E-state index in [2.05, 4.69) is 10.1 Å². The average molecular weight is 198 g/mol. The van der Waals surface area contributed by atoms with Gasteiger partial charge in [-0.05, 0) is 18.8 Å². The van der Waals surface area contributed by atoms with E-state index in [0.717, 1.165) is 32.2 Å². The minimum absolute atomic E-state index is 0.935. The lowest BCUT2D eigenvalue weighted by molar-refractivity contribution is -1.04. The fourth-order valence-corrected chi connectivity index (χ4v) is 2.90. The molecule has 4 aliphatic heterocycles. The molecule has 14 heavy (non-hydrogen) atoms. The zero-order valence-corrected chi connectivity index (χ0v) is 8.74. The molecular formula is C10H20N3O+. The first-order valence-corrected chi connectivity index (χ1v) is 5.88. The van der Waals surface area contributed by atoms with Gasteiger partial charge < -0.3 is 4.74 Å². The third-order valence-electron chi connectivity index (χ3n) is 3.80. The van der Waals surface area contributed by atoms with Gasteiger partial charge in [0.15, 0.2) is 0 Å². The fourth-order valence-electron chi connectivity index (χ4n) is 2.90. The van der Waals surface area contributed by atoms with Crippen LogP contribution in [0.25, 0.3) is 0 Å². The highest BCUT2D eigenvalue weighted by Crippen LogP contribution is 2.24. The SMILES string of the molecule is C1C[NH+](N2CC3CCN2CC3)CCO1. The summed E-state index contributed by atoms with van der Waals surface area (Å²) in [6, 6.07) is 0. The first-order chi connectivity index (χ1) is 6.93. The minimum atomic E-state index is 0.935. The van der Waals surface area contributed by atoms with Gasteiger partial charge in [0.05, 0.1) is 19.8 Å². The number of fused-ring (bicyclic) bond motifs is 3. The quantitative estimate of drug-likeness (QED) is 0.569. The van der Waals surface area contributed by atoms with Gasteiger partial charge in [-0.15, -0.1) is 0 Å². The van der Waals surface area contributed by atoms with Crippen LogP contribution in [0.5, 0.6) is 0 Å². The molecule has 4 heteroatoms. The van der Waals surface area contributed by atoms with Crippen LogP contribution in [0.4, 0.5) is 0 Å². The highest BCUT2D eigenvalue weighted by atomic mass is 16.5. The molecule has 4 rings (SSSR count). The number of quaternary nitrogens is 1. The number of ether oxygens (including phenoxy) is 1. The maximum absolute atomic E-state index is 5.40. The zero-order valence-electron chi connectivity index (χ0n) is 8.74. The molecule has 0 atom stereocenters. The Morgan fingerprint density at radius 3 is 2.36 bits per heavy atom. The van der Waals surface area contributed by atoms with Crippen LogP contribution in [0, 0.1) is 5.92 Å². The van der Waals surface area contributed by atoms with Crippen molar-refractivity contribution < 1.29 is 9.75 Å². The lowest BCUT2D eigenvalue weighted by Crippen LogP contribution is -3.22. The molecule has 0 amide bonds. The lowest BCUT2D eigenvalue weighted by Gasteiger charge is -2.49. The summed E-state index contributed by atoms with van der Waals surface area (Å²) in [5, 5.41) is 6.75. The van der Waals surface area contributed by atoms with Crippen LogP contribution in [0.15, 0.2) is 0 Å². The van der Waals surface area contributed by atoms with Crippen molar-refractivity contribution >= 4 is 0 Å². The molecule has 0 aromatic rings. The second-order valence-corrected chi connectivity index (χ2v) is 4.66. The van der Waals surface area contributed by atoms with Gasteiger partial charge in [0.25, 0.3) is 0 Å². The Hall–Kier alpha value is -0.160. The molecule has 0 spiro atoms. The second-order valence-electron chi connectivity index (χ2n) is 4.66. The normalized spacial score (nSPS) is 40.3. The second kappa shape index (κ2) is 3.77. The van der Waals surface area contributed by atoms with Crippen LogP contribution < -0.4 is 5.01 Å². The molecule has 0 aromatic heterocycles. The smallest absolute Gasteiger partial charge is 0.120 e. The molecule has 80 valence electrons. The molecule has 4 fully saturated rings. The summed E-state index contributed by atoms with van der Waals surface area (Å²) in [4.78, 5) is 0. The first-order valence-electron chi connectivity index (χ1n) is 5.88. The molecule has 0 aliphatic carbocycles. The topological polar surface area (TPSA) is 20.2 Å². The number of hydrogen-bond acceptors (Lipinski definition) is 3. The van der Waals surface area contributed by atoms with E-state index in [4.69, 9.17) is 4.74 Å². The van der Waals surface area contributed by atoms with Crippen molar-refractivity contribution in [2.45, 2.75) is 12.8 Å². The van der Waals surface area contributed by atoms with Gasteiger partial charge in [0.1, 0.15) is 13.1 Å². The predicted molar refractivity (Wildman–Crippen MR) is 52.5 cm³/mol. The van der Waals surface area contributed by atoms with Crippen LogP contribution in [0.3, 0.4) is 0 Å². The minimum Gasteiger partial charge on any atom is -0.370 e. The number of rotatable bonds is 1. The molecular weight excluding hydrogens is 178 g/mol. The van der Waals surface area contributed by atoms with Crippen LogP contribution in [-0.4, -0.2) is 56.1 Å². The van der Waals surface area contributed by atoms with E-state index >= 15 is 0 Å². The van der Waals surface area contributed by atoms with Crippen LogP contribution in [0.1, 0.15) is 12.8 Å². The van der Waals surface area contributed by atoms with Crippen molar-refractivity contribution in [3.8, 4) is 0 Å². The summed E-state index contributed by atoms with van der Waals surface area (Å²) < 4.78 is 5.40. The van der Waals surface area contributed by atoms with Crippen molar-refractivity contribution in [3.63, 3.8) is 0 Å². The number of piperidine rings is 1. The Bertz CT molecular complexity index is 198. The average Bonchev–Trinajstić information content (AvgIpc) is 2.32. The van der Waals surface area contributed by atoms with Crippen LogP contribution in [0.2, 0.25) is 0 Å². The monoisotopic (exact) mass is 198 g/mol. The fraction of sp³-hybridized carbons (Fsp3) is 1.00. The predicted octanol–water partition coefficient (Wildman–Crippen LogP) is -1.24. The zero-order chi connectivity index (χ0) is 9.38. The standard InChI is InChI=1S/C10H19N3O/c1-3-11-4-2-10(1)9-13(11)12-5-7-14-8-6-12/h10H,1-9H2/p+1. The van der Waals surface area contributed by atoms with Gasteiger partial charge in [-0.1, -0.05) is 5.12 Å². The van der Waals surface area contributed by atoms with E-state index in [-0.39, 0.29) is 0 Å². The third-order valence-corrected chi connectivity index (χ3v) is 3.80. The Kier molecular flexibility index (Phi) is 2.45. The molecule has 0 unspecified atom stereocenters. The number of nitrogens with one attached hydrogen (secondary N) is 1. The molecule has 4 nitrogen and oxygen atoms in total.